The summed E-state index contributed by atoms with van der Waals surface area (Å²) in [4.78, 5) is 2.57. The van der Waals surface area contributed by atoms with Crippen LogP contribution in [-0.2, 0) is 6.42 Å². The average Bonchev–Trinajstić information content (AvgIpc) is 2.76. The molecule has 0 bridgehead atoms. The molecule has 148 valence electrons. The Morgan fingerprint density at radius 1 is 0.964 bits per heavy atom. The van der Waals surface area contributed by atoms with Crippen molar-refractivity contribution in [2.75, 3.05) is 19.6 Å². The summed E-state index contributed by atoms with van der Waals surface area (Å²) in [5.41, 5.74) is 5.67. The van der Waals surface area contributed by atoms with E-state index in [-0.39, 0.29) is 0 Å². The minimum absolute atomic E-state index is 0.689. The Labute approximate surface area is 175 Å². The molecule has 0 radical (unpaired) electrons. The van der Waals surface area contributed by atoms with Crippen molar-refractivity contribution in [3.05, 3.63) is 76.3 Å². The summed E-state index contributed by atoms with van der Waals surface area (Å²) < 4.78 is 0. The molecule has 0 unspecified atom stereocenters. The van der Waals surface area contributed by atoms with E-state index in [0.29, 0.717) is 5.92 Å². The number of aryl methyl sites for hydroxylation is 1. The molecule has 2 heteroatoms. The van der Waals surface area contributed by atoms with Crippen LogP contribution in [0, 0.1) is 0 Å². The number of benzene rings is 2. The zero-order valence-electron chi connectivity index (χ0n) is 16.9. The van der Waals surface area contributed by atoms with Crippen LogP contribution >= 0.6 is 11.6 Å². The van der Waals surface area contributed by atoms with E-state index in [2.05, 4.69) is 59.5 Å². The van der Waals surface area contributed by atoms with Crippen molar-refractivity contribution in [2.24, 2.45) is 0 Å². The molecule has 1 aliphatic heterocycles. The Morgan fingerprint density at radius 2 is 1.79 bits per heavy atom. The van der Waals surface area contributed by atoms with Crippen LogP contribution < -0.4 is 0 Å². The van der Waals surface area contributed by atoms with Crippen molar-refractivity contribution in [1.82, 2.24) is 4.90 Å². The molecule has 2 aromatic carbocycles. The molecule has 0 spiro atoms. The Morgan fingerprint density at radius 3 is 2.50 bits per heavy atom. The van der Waals surface area contributed by atoms with E-state index >= 15 is 0 Å². The van der Waals surface area contributed by atoms with Gasteiger partial charge in [-0.2, -0.15) is 0 Å². The third-order valence-corrected chi connectivity index (χ3v) is 6.81. The number of hydrogen-bond acceptors (Lipinski definition) is 1. The predicted octanol–water partition coefficient (Wildman–Crippen LogP) is 7.11. The van der Waals surface area contributed by atoms with Gasteiger partial charge in [0.1, 0.15) is 0 Å². The zero-order chi connectivity index (χ0) is 19.2. The fourth-order valence-corrected chi connectivity index (χ4v) is 5.16. The highest BCUT2D eigenvalue weighted by atomic mass is 35.5. The molecular weight excluding hydrogens is 362 g/mol. The van der Waals surface area contributed by atoms with Gasteiger partial charge < -0.3 is 0 Å². The van der Waals surface area contributed by atoms with E-state index < -0.39 is 0 Å². The maximum Gasteiger partial charge on any atom is 0.0443 e. The third kappa shape index (κ3) is 5.07. The first-order chi connectivity index (χ1) is 13.8. The molecule has 0 amide bonds. The van der Waals surface area contributed by atoms with Gasteiger partial charge in [-0.1, -0.05) is 79.4 Å². The minimum Gasteiger partial charge on any atom is -0.299 e. The highest BCUT2D eigenvalue weighted by Gasteiger charge is 2.18. The second-order valence-electron chi connectivity index (χ2n) is 8.44. The monoisotopic (exact) mass is 393 g/mol. The van der Waals surface area contributed by atoms with E-state index in [1.165, 1.54) is 73.9 Å². The van der Waals surface area contributed by atoms with Crippen molar-refractivity contribution in [3.8, 4) is 0 Å². The van der Waals surface area contributed by atoms with Gasteiger partial charge in [-0.3, -0.25) is 4.90 Å². The number of nitrogens with zero attached hydrogens (tertiary/aromatic N) is 1. The maximum atomic E-state index is 6.65. The van der Waals surface area contributed by atoms with Crippen LogP contribution in [0.25, 0.3) is 5.57 Å². The van der Waals surface area contributed by atoms with Crippen molar-refractivity contribution >= 4 is 17.2 Å². The highest BCUT2D eigenvalue weighted by molar-refractivity contribution is 6.31. The van der Waals surface area contributed by atoms with Crippen molar-refractivity contribution < 1.29 is 0 Å². The summed E-state index contributed by atoms with van der Waals surface area (Å²) in [6, 6.07) is 17.7. The summed E-state index contributed by atoms with van der Waals surface area (Å²) in [6.07, 6.45) is 12.6. The quantitative estimate of drug-likeness (QED) is 0.505. The first-order valence-electron chi connectivity index (χ1n) is 11.0. The summed E-state index contributed by atoms with van der Waals surface area (Å²) in [5.74, 6) is 0.689. The largest absolute Gasteiger partial charge is 0.299 e. The van der Waals surface area contributed by atoms with E-state index in [1.54, 1.807) is 0 Å². The summed E-state index contributed by atoms with van der Waals surface area (Å²) in [6.45, 7) is 3.41. The molecule has 1 saturated carbocycles. The highest BCUT2D eigenvalue weighted by Crippen LogP contribution is 2.36. The van der Waals surface area contributed by atoms with Crippen LogP contribution in [-0.4, -0.2) is 24.5 Å². The van der Waals surface area contributed by atoms with E-state index in [1.807, 2.05) is 0 Å². The number of halogens is 1. The van der Waals surface area contributed by atoms with Gasteiger partial charge in [-0.15, -0.1) is 0 Å². The summed E-state index contributed by atoms with van der Waals surface area (Å²) in [7, 11) is 0. The SMILES string of the molecule is Clc1cc(CCCN2CC=C(c3ccccc3)CC2)ccc1C1CCCCC1. The van der Waals surface area contributed by atoms with Crippen molar-refractivity contribution in [3.63, 3.8) is 0 Å². The zero-order valence-corrected chi connectivity index (χ0v) is 17.6. The lowest BCUT2D eigenvalue weighted by Crippen LogP contribution is -2.29. The molecule has 0 saturated heterocycles. The lowest BCUT2D eigenvalue weighted by molar-refractivity contribution is 0.298. The topological polar surface area (TPSA) is 3.24 Å². The van der Waals surface area contributed by atoms with E-state index in [4.69, 9.17) is 11.6 Å². The first-order valence-corrected chi connectivity index (χ1v) is 11.4. The fourth-order valence-electron chi connectivity index (χ4n) is 4.81. The number of rotatable bonds is 6. The van der Waals surface area contributed by atoms with Crippen LogP contribution in [0.2, 0.25) is 5.02 Å². The molecule has 1 fully saturated rings. The Balaban J connectivity index is 1.25. The molecule has 1 heterocycles. The van der Waals surface area contributed by atoms with Crippen LogP contribution in [0.3, 0.4) is 0 Å². The molecule has 2 aliphatic rings. The van der Waals surface area contributed by atoms with Gasteiger partial charge in [0, 0.05) is 18.1 Å². The van der Waals surface area contributed by atoms with E-state index in [0.717, 1.165) is 24.4 Å². The van der Waals surface area contributed by atoms with Gasteiger partial charge in [0.25, 0.3) is 0 Å². The standard InChI is InChI=1S/C26H32ClN/c27-26-20-21(13-14-25(26)24-11-5-2-6-12-24)8-7-17-28-18-15-23(16-19-28)22-9-3-1-4-10-22/h1,3-4,9-10,13-15,20,24H,2,5-8,11-12,16-19H2. The van der Waals surface area contributed by atoms with Gasteiger partial charge in [0.15, 0.2) is 0 Å². The molecule has 1 nitrogen and oxygen atoms in total. The Bertz CT molecular complexity index is 789. The molecule has 0 N–H and O–H groups in total. The molecule has 4 rings (SSSR count). The molecular formula is C26H32ClN. The van der Waals surface area contributed by atoms with Gasteiger partial charge in [-0.05, 0) is 72.9 Å². The molecule has 28 heavy (non-hydrogen) atoms. The van der Waals surface area contributed by atoms with Gasteiger partial charge >= 0.3 is 0 Å². The van der Waals surface area contributed by atoms with Crippen LogP contribution in [0.4, 0.5) is 0 Å². The molecule has 0 aromatic heterocycles. The smallest absolute Gasteiger partial charge is 0.0443 e. The first kappa shape index (κ1) is 19.7. The van der Waals surface area contributed by atoms with Crippen LogP contribution in [0.5, 0.6) is 0 Å². The predicted molar refractivity (Wildman–Crippen MR) is 121 cm³/mol. The Hall–Kier alpha value is -1.57. The summed E-state index contributed by atoms with van der Waals surface area (Å²) >= 11 is 6.65. The van der Waals surface area contributed by atoms with Crippen molar-refractivity contribution in [2.45, 2.75) is 57.3 Å². The van der Waals surface area contributed by atoms with Gasteiger partial charge in [0.2, 0.25) is 0 Å². The van der Waals surface area contributed by atoms with Crippen molar-refractivity contribution in [1.29, 1.82) is 0 Å². The van der Waals surface area contributed by atoms with Crippen LogP contribution in [0.1, 0.15) is 67.6 Å². The van der Waals surface area contributed by atoms with Gasteiger partial charge in [-0.25, -0.2) is 0 Å². The van der Waals surface area contributed by atoms with E-state index in [9.17, 15) is 0 Å². The second-order valence-corrected chi connectivity index (χ2v) is 8.85. The maximum absolute atomic E-state index is 6.65. The lowest BCUT2D eigenvalue weighted by Gasteiger charge is -2.26. The second kappa shape index (κ2) is 9.76. The Kier molecular flexibility index (Phi) is 6.88. The normalized spacial score (nSPS) is 18.8. The molecule has 0 atom stereocenters. The van der Waals surface area contributed by atoms with Crippen LogP contribution in [0.15, 0.2) is 54.6 Å². The average molecular weight is 394 g/mol. The fraction of sp³-hybridized carbons (Fsp3) is 0.462. The molecule has 2 aromatic rings. The minimum atomic E-state index is 0.689. The third-order valence-electron chi connectivity index (χ3n) is 6.49. The summed E-state index contributed by atoms with van der Waals surface area (Å²) in [5, 5.41) is 0.998. The lowest BCUT2D eigenvalue weighted by atomic mass is 9.84. The number of hydrogen-bond donors (Lipinski definition) is 0. The molecule has 1 aliphatic carbocycles. The van der Waals surface area contributed by atoms with Gasteiger partial charge in [0.05, 0.1) is 0 Å².